The molecule has 4 aromatic rings. The van der Waals surface area contributed by atoms with Gasteiger partial charge in [0.25, 0.3) is 0 Å². The summed E-state index contributed by atoms with van der Waals surface area (Å²) in [5.74, 6) is -0.139. The molecule has 0 aliphatic heterocycles. The van der Waals surface area contributed by atoms with Crippen molar-refractivity contribution in [3.05, 3.63) is 65.4 Å². The maximum atomic E-state index is 12.4. The van der Waals surface area contributed by atoms with Gasteiger partial charge >= 0.3 is 5.91 Å². The predicted molar refractivity (Wildman–Crippen MR) is 102 cm³/mol. The highest BCUT2D eigenvalue weighted by molar-refractivity contribution is 7.17. The lowest BCUT2D eigenvalue weighted by Crippen LogP contribution is -2.19. The van der Waals surface area contributed by atoms with Gasteiger partial charge in [-0.3, -0.25) is 4.79 Å². The summed E-state index contributed by atoms with van der Waals surface area (Å²) in [5.41, 5.74) is 1.05. The van der Waals surface area contributed by atoms with E-state index < -0.39 is 0 Å². The second-order valence-electron chi connectivity index (χ2n) is 5.76. The molecule has 0 spiro atoms. The number of hydrogen-bond acceptors (Lipinski definition) is 4. The molecule has 0 atom stereocenters. The van der Waals surface area contributed by atoms with Gasteiger partial charge in [-0.2, -0.15) is 4.99 Å². The number of hydrogen-bond donors (Lipinski definition) is 0. The first-order valence-electron chi connectivity index (χ1n) is 8.49. The van der Waals surface area contributed by atoms with Crippen molar-refractivity contribution in [3.8, 4) is 0 Å². The van der Waals surface area contributed by atoms with Crippen molar-refractivity contribution in [3.63, 3.8) is 0 Å². The van der Waals surface area contributed by atoms with Crippen LogP contribution < -0.4 is 4.80 Å². The van der Waals surface area contributed by atoms with Gasteiger partial charge in [0.1, 0.15) is 0 Å². The lowest BCUT2D eigenvalue weighted by Gasteiger charge is -2.06. The van der Waals surface area contributed by atoms with Crippen LogP contribution in [0.15, 0.2) is 64.2 Å². The number of carbonyl (C=O) groups excluding carboxylic acids is 1. The minimum Gasteiger partial charge on any atom is -0.459 e. The van der Waals surface area contributed by atoms with E-state index in [4.69, 9.17) is 9.15 Å². The number of fused-ring (bicyclic) bond motifs is 3. The van der Waals surface area contributed by atoms with E-state index in [9.17, 15) is 4.79 Å². The maximum absolute atomic E-state index is 12.4. The van der Waals surface area contributed by atoms with Crippen LogP contribution in [0.3, 0.4) is 0 Å². The highest BCUT2D eigenvalue weighted by atomic mass is 32.1. The highest BCUT2D eigenvalue weighted by Crippen LogP contribution is 2.27. The van der Waals surface area contributed by atoms with Crippen molar-refractivity contribution in [2.75, 3.05) is 13.2 Å². The molecule has 26 heavy (non-hydrogen) atoms. The average Bonchev–Trinajstić information content (AvgIpc) is 3.31. The zero-order valence-electron chi connectivity index (χ0n) is 14.3. The Bertz CT molecular complexity index is 1120. The highest BCUT2D eigenvalue weighted by Gasteiger charge is 2.12. The predicted octanol–water partition coefficient (Wildman–Crippen LogP) is 4.23. The van der Waals surface area contributed by atoms with Crippen LogP contribution >= 0.6 is 11.3 Å². The molecular weight excluding hydrogens is 348 g/mol. The molecule has 5 nitrogen and oxygen atoms in total. The fourth-order valence-corrected chi connectivity index (χ4v) is 4.13. The molecular formula is C20H18N2O3S. The Balaban J connectivity index is 1.90. The lowest BCUT2D eigenvalue weighted by atomic mass is 10.1. The average molecular weight is 366 g/mol. The topological polar surface area (TPSA) is 56.7 Å². The molecule has 0 saturated heterocycles. The molecule has 0 unspecified atom stereocenters. The van der Waals surface area contributed by atoms with Gasteiger partial charge in [-0.15, -0.1) is 0 Å². The number of rotatable bonds is 5. The Hall–Kier alpha value is -2.70. The largest absolute Gasteiger partial charge is 0.459 e. The summed E-state index contributed by atoms with van der Waals surface area (Å²) in [7, 11) is 0. The van der Waals surface area contributed by atoms with Gasteiger partial charge in [0.2, 0.25) is 0 Å². The molecule has 0 radical (unpaired) electrons. The van der Waals surface area contributed by atoms with Gasteiger partial charge in [0.15, 0.2) is 10.6 Å². The second-order valence-corrected chi connectivity index (χ2v) is 6.74. The van der Waals surface area contributed by atoms with Crippen molar-refractivity contribution in [1.29, 1.82) is 0 Å². The Morgan fingerprint density at radius 1 is 1.19 bits per heavy atom. The van der Waals surface area contributed by atoms with E-state index in [2.05, 4.69) is 29.3 Å². The minimum atomic E-state index is -0.379. The molecule has 1 amide bonds. The summed E-state index contributed by atoms with van der Waals surface area (Å²) in [4.78, 5) is 17.4. The van der Waals surface area contributed by atoms with Gasteiger partial charge in [-0.05, 0) is 30.5 Å². The molecule has 4 rings (SSSR count). The van der Waals surface area contributed by atoms with E-state index in [1.165, 1.54) is 23.0 Å². The van der Waals surface area contributed by atoms with Crippen LogP contribution in [0.1, 0.15) is 17.5 Å². The monoisotopic (exact) mass is 366 g/mol. The number of amides is 1. The molecule has 6 heteroatoms. The third-order valence-electron chi connectivity index (χ3n) is 4.17. The summed E-state index contributed by atoms with van der Waals surface area (Å²) >= 11 is 1.52. The molecule has 0 aliphatic rings. The summed E-state index contributed by atoms with van der Waals surface area (Å²) in [6.07, 6.45) is 1.48. The van der Waals surface area contributed by atoms with E-state index in [0.717, 1.165) is 15.6 Å². The molecule has 0 N–H and O–H groups in total. The number of nitrogens with zero attached hydrogens (tertiary/aromatic N) is 2. The van der Waals surface area contributed by atoms with Crippen molar-refractivity contribution >= 4 is 38.2 Å². The molecule has 2 aromatic heterocycles. The van der Waals surface area contributed by atoms with Crippen molar-refractivity contribution in [2.45, 2.75) is 13.5 Å². The van der Waals surface area contributed by atoms with Crippen LogP contribution in [0.4, 0.5) is 0 Å². The maximum Gasteiger partial charge on any atom is 0.315 e. The van der Waals surface area contributed by atoms with Crippen LogP contribution in [0.2, 0.25) is 0 Å². The van der Waals surface area contributed by atoms with E-state index in [-0.39, 0.29) is 11.7 Å². The number of furan rings is 1. The van der Waals surface area contributed by atoms with Gasteiger partial charge in [-0.1, -0.05) is 41.7 Å². The minimum absolute atomic E-state index is 0.240. The Labute approximate surface area is 154 Å². The molecule has 132 valence electrons. The summed E-state index contributed by atoms with van der Waals surface area (Å²) in [5, 5.41) is 2.33. The number of aromatic nitrogens is 1. The van der Waals surface area contributed by atoms with Crippen molar-refractivity contribution in [2.24, 2.45) is 4.99 Å². The smallest absolute Gasteiger partial charge is 0.315 e. The van der Waals surface area contributed by atoms with E-state index in [1.54, 1.807) is 12.1 Å². The third kappa shape index (κ3) is 3.09. The molecule has 0 bridgehead atoms. The normalized spacial score (nSPS) is 12.3. The molecule has 0 aliphatic carbocycles. The Morgan fingerprint density at radius 2 is 2.08 bits per heavy atom. The molecule has 0 fully saturated rings. The standard InChI is InChI=1S/C20H18N2O3S/c1-2-24-13-11-22-16-10-9-14-6-3-4-7-15(14)18(16)26-20(22)21-19(23)17-8-5-12-25-17/h3-10,12H,2,11,13H2,1H3. The number of benzene rings is 2. The van der Waals surface area contributed by atoms with Crippen LogP contribution in [-0.2, 0) is 11.3 Å². The SMILES string of the molecule is CCOCCn1c(=NC(=O)c2ccco2)sc2c3ccccc3ccc21. The quantitative estimate of drug-likeness (QED) is 0.497. The molecule has 2 heterocycles. The second kappa shape index (κ2) is 7.27. The number of thiazole rings is 1. The van der Waals surface area contributed by atoms with E-state index >= 15 is 0 Å². The van der Waals surface area contributed by atoms with Crippen LogP contribution in [0, 0.1) is 0 Å². The molecule has 0 saturated carbocycles. The van der Waals surface area contributed by atoms with Crippen molar-refractivity contribution < 1.29 is 13.9 Å². The fraction of sp³-hybridized carbons (Fsp3) is 0.200. The number of ether oxygens (including phenoxy) is 1. The van der Waals surface area contributed by atoms with Crippen LogP contribution in [-0.4, -0.2) is 23.7 Å². The first kappa shape index (κ1) is 16.8. The Morgan fingerprint density at radius 3 is 2.88 bits per heavy atom. The lowest BCUT2D eigenvalue weighted by molar-refractivity contribution is 0.0970. The van der Waals surface area contributed by atoms with Gasteiger partial charge in [-0.25, -0.2) is 0 Å². The first-order chi connectivity index (χ1) is 12.8. The van der Waals surface area contributed by atoms with Crippen molar-refractivity contribution in [1.82, 2.24) is 4.57 Å². The van der Waals surface area contributed by atoms with Gasteiger partial charge < -0.3 is 13.7 Å². The van der Waals surface area contributed by atoms with Crippen LogP contribution in [0.25, 0.3) is 21.0 Å². The fourth-order valence-electron chi connectivity index (χ4n) is 2.94. The van der Waals surface area contributed by atoms with E-state index in [0.29, 0.717) is 24.6 Å². The summed E-state index contributed by atoms with van der Waals surface area (Å²) in [6, 6.07) is 15.7. The van der Waals surface area contributed by atoms with Gasteiger partial charge in [0.05, 0.1) is 23.1 Å². The zero-order chi connectivity index (χ0) is 17.9. The Kier molecular flexibility index (Phi) is 4.69. The van der Waals surface area contributed by atoms with Gasteiger partial charge in [0, 0.05) is 18.5 Å². The summed E-state index contributed by atoms with van der Waals surface area (Å²) in [6.45, 7) is 3.83. The first-order valence-corrected chi connectivity index (χ1v) is 9.31. The van der Waals surface area contributed by atoms with E-state index in [1.807, 2.05) is 23.6 Å². The van der Waals surface area contributed by atoms with Crippen LogP contribution in [0.5, 0.6) is 0 Å². The summed E-state index contributed by atoms with van der Waals surface area (Å²) < 4.78 is 13.9. The number of carbonyl (C=O) groups is 1. The zero-order valence-corrected chi connectivity index (χ0v) is 15.2. The molecule has 2 aromatic carbocycles. The third-order valence-corrected chi connectivity index (χ3v) is 5.29.